The van der Waals surface area contributed by atoms with E-state index in [1.54, 1.807) is 42.5 Å². The summed E-state index contributed by atoms with van der Waals surface area (Å²) in [5.74, 6) is -0.626. The quantitative estimate of drug-likeness (QED) is 0.758. The second-order valence-electron chi connectivity index (χ2n) is 4.66. The summed E-state index contributed by atoms with van der Waals surface area (Å²) in [6, 6.07) is 12.2. The largest absolute Gasteiger partial charge is 0.341 e. The number of hydrogen-bond acceptors (Lipinski definition) is 2. The van der Waals surface area contributed by atoms with Crippen molar-refractivity contribution < 1.29 is 14.0 Å². The highest BCUT2D eigenvalue weighted by atomic mass is 19.1. The Hall–Kier alpha value is -3.15. The lowest BCUT2D eigenvalue weighted by Crippen LogP contribution is -2.24. The Labute approximate surface area is 133 Å². The number of hydrogen-bond donors (Lipinski definition) is 3. The molecule has 23 heavy (non-hydrogen) atoms. The minimum absolute atomic E-state index is 0.304. The van der Waals surface area contributed by atoms with Gasteiger partial charge in [0.1, 0.15) is 5.82 Å². The molecule has 0 aliphatic heterocycles. The fourth-order valence-electron chi connectivity index (χ4n) is 1.76. The SMILES string of the molecule is CNC(=O)Nc1ccc(NC(=O)/C=C/c2ccc(F)cc2)cc1. The molecule has 0 aliphatic carbocycles. The number of carbonyl (C=O) groups excluding carboxylic acids is 2. The van der Waals surface area contributed by atoms with Gasteiger partial charge in [-0.1, -0.05) is 12.1 Å². The standard InChI is InChI=1S/C17H16FN3O2/c1-19-17(23)21-15-9-7-14(8-10-15)20-16(22)11-4-12-2-5-13(18)6-3-12/h2-11H,1H3,(H,20,22)(H2,19,21,23)/b11-4+. The molecule has 2 aromatic rings. The molecule has 0 heterocycles. The summed E-state index contributed by atoms with van der Waals surface area (Å²) in [6.07, 6.45) is 2.96. The second kappa shape index (κ2) is 7.74. The number of amides is 3. The zero-order valence-corrected chi connectivity index (χ0v) is 12.5. The maximum absolute atomic E-state index is 12.8. The van der Waals surface area contributed by atoms with Crippen molar-refractivity contribution in [1.82, 2.24) is 5.32 Å². The molecule has 2 rings (SSSR count). The molecule has 0 spiro atoms. The molecule has 0 radical (unpaired) electrons. The van der Waals surface area contributed by atoms with Gasteiger partial charge in [-0.05, 0) is 48.0 Å². The van der Waals surface area contributed by atoms with E-state index in [2.05, 4.69) is 16.0 Å². The van der Waals surface area contributed by atoms with Crippen molar-refractivity contribution >= 4 is 29.4 Å². The van der Waals surface area contributed by atoms with E-state index in [4.69, 9.17) is 0 Å². The summed E-state index contributed by atoms with van der Waals surface area (Å²) in [5, 5.41) is 7.75. The predicted octanol–water partition coefficient (Wildman–Crippen LogP) is 3.23. The van der Waals surface area contributed by atoms with Crippen LogP contribution in [0, 0.1) is 5.82 Å². The van der Waals surface area contributed by atoms with Gasteiger partial charge in [0.2, 0.25) is 5.91 Å². The number of halogens is 1. The fourth-order valence-corrected chi connectivity index (χ4v) is 1.76. The monoisotopic (exact) mass is 313 g/mol. The zero-order chi connectivity index (χ0) is 16.7. The van der Waals surface area contributed by atoms with Crippen LogP contribution in [0.15, 0.2) is 54.6 Å². The molecule has 5 nitrogen and oxygen atoms in total. The van der Waals surface area contributed by atoms with Gasteiger partial charge in [0.25, 0.3) is 0 Å². The molecule has 3 N–H and O–H groups in total. The van der Waals surface area contributed by atoms with Crippen molar-refractivity contribution in [2.24, 2.45) is 0 Å². The molecule has 0 bridgehead atoms. The van der Waals surface area contributed by atoms with Crippen LogP contribution in [0.1, 0.15) is 5.56 Å². The van der Waals surface area contributed by atoms with E-state index in [9.17, 15) is 14.0 Å². The van der Waals surface area contributed by atoms with Crippen LogP contribution < -0.4 is 16.0 Å². The molecule has 118 valence electrons. The van der Waals surface area contributed by atoms with Gasteiger partial charge in [-0.2, -0.15) is 0 Å². The first-order chi connectivity index (χ1) is 11.1. The van der Waals surface area contributed by atoms with E-state index in [-0.39, 0.29) is 17.8 Å². The summed E-state index contributed by atoms with van der Waals surface area (Å²) >= 11 is 0. The lowest BCUT2D eigenvalue weighted by molar-refractivity contribution is -0.111. The topological polar surface area (TPSA) is 70.2 Å². The highest BCUT2D eigenvalue weighted by Gasteiger charge is 2.01. The molecule has 0 fully saturated rings. The molecule has 6 heteroatoms. The Morgan fingerprint density at radius 1 is 0.913 bits per heavy atom. The molecule has 0 unspecified atom stereocenters. The minimum atomic E-state index is -0.322. The number of carbonyl (C=O) groups is 2. The Kier molecular flexibility index (Phi) is 5.46. The minimum Gasteiger partial charge on any atom is -0.341 e. The van der Waals surface area contributed by atoms with Crippen LogP contribution in [-0.4, -0.2) is 19.0 Å². The van der Waals surface area contributed by atoms with E-state index in [0.717, 1.165) is 5.56 Å². The van der Waals surface area contributed by atoms with Crippen molar-refractivity contribution in [2.45, 2.75) is 0 Å². The molecular weight excluding hydrogens is 297 g/mol. The van der Waals surface area contributed by atoms with Crippen LogP contribution in [0.3, 0.4) is 0 Å². The smallest absolute Gasteiger partial charge is 0.318 e. The van der Waals surface area contributed by atoms with Gasteiger partial charge >= 0.3 is 6.03 Å². The first kappa shape index (κ1) is 16.2. The fraction of sp³-hybridized carbons (Fsp3) is 0.0588. The van der Waals surface area contributed by atoms with E-state index in [1.165, 1.54) is 25.3 Å². The van der Waals surface area contributed by atoms with E-state index < -0.39 is 0 Å². The van der Waals surface area contributed by atoms with Crippen LogP contribution in [0.5, 0.6) is 0 Å². The van der Waals surface area contributed by atoms with Crippen molar-refractivity contribution in [2.75, 3.05) is 17.7 Å². The lowest BCUT2D eigenvalue weighted by atomic mass is 10.2. The molecule has 0 atom stereocenters. The van der Waals surface area contributed by atoms with Crippen molar-refractivity contribution in [3.63, 3.8) is 0 Å². The zero-order valence-electron chi connectivity index (χ0n) is 12.5. The van der Waals surface area contributed by atoms with Gasteiger partial charge < -0.3 is 16.0 Å². The van der Waals surface area contributed by atoms with Gasteiger partial charge in [-0.3, -0.25) is 4.79 Å². The maximum Gasteiger partial charge on any atom is 0.318 e. The Balaban J connectivity index is 1.92. The predicted molar refractivity (Wildman–Crippen MR) is 88.6 cm³/mol. The Bertz CT molecular complexity index is 710. The number of anilines is 2. The van der Waals surface area contributed by atoms with Crippen LogP contribution in [0.25, 0.3) is 6.08 Å². The number of urea groups is 1. The molecule has 3 amide bonds. The highest BCUT2D eigenvalue weighted by molar-refractivity contribution is 6.02. The van der Waals surface area contributed by atoms with Crippen LogP contribution in [0.2, 0.25) is 0 Å². The van der Waals surface area contributed by atoms with Crippen LogP contribution in [-0.2, 0) is 4.79 Å². The third-order valence-corrected chi connectivity index (χ3v) is 2.93. The lowest BCUT2D eigenvalue weighted by Gasteiger charge is -2.06. The van der Waals surface area contributed by atoms with Gasteiger partial charge in [-0.25, -0.2) is 9.18 Å². The number of nitrogens with one attached hydrogen (secondary N) is 3. The molecule has 0 saturated heterocycles. The van der Waals surface area contributed by atoms with Crippen molar-refractivity contribution in [1.29, 1.82) is 0 Å². The summed E-state index contributed by atoms with van der Waals surface area (Å²) in [4.78, 5) is 23.0. The molecular formula is C17H16FN3O2. The third kappa shape index (κ3) is 5.28. The number of rotatable bonds is 4. The van der Waals surface area contributed by atoms with Crippen molar-refractivity contribution in [3.05, 3.63) is 66.0 Å². The summed E-state index contributed by atoms with van der Waals surface area (Å²) in [7, 11) is 1.53. The Morgan fingerprint density at radius 2 is 1.48 bits per heavy atom. The van der Waals surface area contributed by atoms with Gasteiger partial charge in [0.05, 0.1) is 0 Å². The summed E-state index contributed by atoms with van der Waals surface area (Å²) in [6.45, 7) is 0. The van der Waals surface area contributed by atoms with Crippen LogP contribution in [0.4, 0.5) is 20.6 Å². The molecule has 0 aliphatic rings. The van der Waals surface area contributed by atoms with Gasteiger partial charge in [-0.15, -0.1) is 0 Å². The summed E-state index contributed by atoms with van der Waals surface area (Å²) in [5.41, 5.74) is 1.94. The first-order valence-electron chi connectivity index (χ1n) is 6.90. The normalized spacial score (nSPS) is 10.3. The maximum atomic E-state index is 12.8. The summed E-state index contributed by atoms with van der Waals surface area (Å²) < 4.78 is 12.8. The average molecular weight is 313 g/mol. The van der Waals surface area contributed by atoms with Gasteiger partial charge in [0, 0.05) is 24.5 Å². The molecule has 2 aromatic carbocycles. The second-order valence-corrected chi connectivity index (χ2v) is 4.66. The first-order valence-corrected chi connectivity index (χ1v) is 6.90. The van der Waals surface area contributed by atoms with E-state index >= 15 is 0 Å². The molecule has 0 aromatic heterocycles. The average Bonchev–Trinajstić information content (AvgIpc) is 2.56. The number of benzene rings is 2. The third-order valence-electron chi connectivity index (χ3n) is 2.93. The Morgan fingerprint density at radius 3 is 2.04 bits per heavy atom. The highest BCUT2D eigenvalue weighted by Crippen LogP contribution is 2.13. The molecule has 0 saturated carbocycles. The van der Waals surface area contributed by atoms with Gasteiger partial charge in [0.15, 0.2) is 0 Å². The van der Waals surface area contributed by atoms with Crippen LogP contribution >= 0.6 is 0 Å². The van der Waals surface area contributed by atoms with Crippen molar-refractivity contribution in [3.8, 4) is 0 Å². The van der Waals surface area contributed by atoms with E-state index in [1.807, 2.05) is 0 Å². The van der Waals surface area contributed by atoms with E-state index in [0.29, 0.717) is 11.4 Å².